The van der Waals surface area contributed by atoms with Gasteiger partial charge in [0.1, 0.15) is 0 Å². The van der Waals surface area contributed by atoms with Crippen molar-refractivity contribution in [3.8, 4) is 0 Å². The number of hydrogen-bond acceptors (Lipinski definition) is 3. The molecule has 0 saturated carbocycles. The largest absolute Gasteiger partial charge is 0.481 e. The van der Waals surface area contributed by atoms with E-state index in [1.807, 2.05) is 0 Å². The van der Waals surface area contributed by atoms with Crippen LogP contribution in [0.2, 0.25) is 0 Å². The van der Waals surface area contributed by atoms with E-state index in [4.69, 9.17) is 5.11 Å². The summed E-state index contributed by atoms with van der Waals surface area (Å²) in [5, 5.41) is 8.54. The number of aromatic nitrogens is 1. The van der Waals surface area contributed by atoms with Crippen LogP contribution in [0.3, 0.4) is 0 Å². The second-order valence-corrected chi connectivity index (χ2v) is 2.90. The molecule has 1 aromatic heterocycles. The zero-order valence-electron chi connectivity index (χ0n) is 7.41. The summed E-state index contributed by atoms with van der Waals surface area (Å²) in [5.41, 5.74) is 0. The fourth-order valence-corrected chi connectivity index (χ4v) is 0.869. The molecule has 0 spiro atoms. The zero-order chi connectivity index (χ0) is 10.7. The fraction of sp³-hybridized carbons (Fsp3) is 0.500. The van der Waals surface area contributed by atoms with Crippen LogP contribution in [0.5, 0.6) is 0 Å². The average Bonchev–Trinajstić information content (AvgIpc) is 2.52. The fourth-order valence-electron chi connectivity index (χ4n) is 0.869. The van der Waals surface area contributed by atoms with Gasteiger partial charge in [-0.3, -0.25) is 4.79 Å². The predicted octanol–water partition coefficient (Wildman–Crippen LogP) is 1.88. The number of alkyl halides is 2. The summed E-state index contributed by atoms with van der Waals surface area (Å²) < 4.78 is 28.7. The van der Waals surface area contributed by atoms with E-state index >= 15 is 0 Å². The monoisotopic (exact) mass is 205 g/mol. The van der Waals surface area contributed by atoms with Crippen LogP contribution in [-0.4, -0.2) is 16.1 Å². The molecule has 1 rings (SSSR count). The maximum absolute atomic E-state index is 12.0. The van der Waals surface area contributed by atoms with E-state index < -0.39 is 24.1 Å². The minimum atomic E-state index is -2.71. The molecular formula is C8H9F2NO3. The van der Waals surface area contributed by atoms with Crippen LogP contribution >= 0.6 is 0 Å². The van der Waals surface area contributed by atoms with Crippen LogP contribution in [-0.2, 0) is 11.2 Å². The molecule has 0 bridgehead atoms. The standard InChI is InChI=1S/C8H9F2NO3/c1-4(8(12)13)2-6-11-3-5(14-6)7(9)10/h3-4,7H,2H2,1H3,(H,12,13). The molecule has 0 saturated heterocycles. The molecule has 14 heavy (non-hydrogen) atoms. The van der Waals surface area contributed by atoms with Gasteiger partial charge in [-0.15, -0.1) is 0 Å². The number of rotatable bonds is 4. The van der Waals surface area contributed by atoms with Crippen LogP contribution in [0.4, 0.5) is 8.78 Å². The molecule has 1 unspecified atom stereocenters. The van der Waals surface area contributed by atoms with Crippen molar-refractivity contribution in [2.24, 2.45) is 5.92 Å². The first-order chi connectivity index (χ1) is 6.50. The number of nitrogens with zero attached hydrogens (tertiary/aromatic N) is 1. The molecule has 1 atom stereocenters. The Kier molecular flexibility index (Phi) is 3.16. The number of carboxylic acid groups (broad SMARTS) is 1. The Balaban J connectivity index is 2.64. The van der Waals surface area contributed by atoms with Gasteiger partial charge in [0, 0.05) is 6.42 Å². The molecule has 0 radical (unpaired) electrons. The smallest absolute Gasteiger partial charge is 0.306 e. The summed E-state index contributed by atoms with van der Waals surface area (Å²) >= 11 is 0. The van der Waals surface area contributed by atoms with Gasteiger partial charge in [0.25, 0.3) is 6.43 Å². The highest BCUT2D eigenvalue weighted by Gasteiger charge is 2.18. The highest BCUT2D eigenvalue weighted by molar-refractivity contribution is 5.69. The predicted molar refractivity (Wildman–Crippen MR) is 42.0 cm³/mol. The number of carboxylic acids is 1. The zero-order valence-corrected chi connectivity index (χ0v) is 7.41. The van der Waals surface area contributed by atoms with Crippen molar-refractivity contribution >= 4 is 5.97 Å². The van der Waals surface area contributed by atoms with Gasteiger partial charge in [-0.05, 0) is 0 Å². The van der Waals surface area contributed by atoms with E-state index in [0.29, 0.717) is 0 Å². The summed E-state index contributed by atoms with van der Waals surface area (Å²) in [5.74, 6) is -2.21. The van der Waals surface area contributed by atoms with Gasteiger partial charge in [-0.2, -0.15) is 0 Å². The van der Waals surface area contributed by atoms with Gasteiger partial charge in [0.2, 0.25) is 0 Å². The van der Waals surface area contributed by atoms with Gasteiger partial charge in [-0.25, -0.2) is 13.8 Å². The van der Waals surface area contributed by atoms with E-state index in [1.165, 1.54) is 6.92 Å². The van der Waals surface area contributed by atoms with Gasteiger partial charge >= 0.3 is 5.97 Å². The van der Waals surface area contributed by atoms with Gasteiger partial charge in [-0.1, -0.05) is 6.92 Å². The van der Waals surface area contributed by atoms with Gasteiger partial charge < -0.3 is 9.52 Å². The summed E-state index contributed by atoms with van der Waals surface area (Å²) in [4.78, 5) is 14.0. The van der Waals surface area contributed by atoms with Crippen molar-refractivity contribution in [2.75, 3.05) is 0 Å². The second kappa shape index (κ2) is 4.17. The average molecular weight is 205 g/mol. The van der Waals surface area contributed by atoms with Crippen molar-refractivity contribution < 1.29 is 23.1 Å². The molecule has 1 aromatic rings. The van der Waals surface area contributed by atoms with Crippen LogP contribution < -0.4 is 0 Å². The molecule has 0 amide bonds. The highest BCUT2D eigenvalue weighted by atomic mass is 19.3. The molecule has 78 valence electrons. The van der Waals surface area contributed by atoms with Gasteiger partial charge in [0.05, 0.1) is 12.1 Å². The number of aliphatic carboxylic acids is 1. The topological polar surface area (TPSA) is 63.3 Å². The third-order valence-corrected chi connectivity index (χ3v) is 1.69. The van der Waals surface area contributed by atoms with E-state index in [-0.39, 0.29) is 12.3 Å². The third-order valence-electron chi connectivity index (χ3n) is 1.69. The van der Waals surface area contributed by atoms with Crippen LogP contribution in [0, 0.1) is 5.92 Å². The lowest BCUT2D eigenvalue weighted by molar-refractivity contribution is -0.141. The normalized spacial score (nSPS) is 13.1. The van der Waals surface area contributed by atoms with Crippen LogP contribution in [0.1, 0.15) is 25.0 Å². The Bertz CT molecular complexity index is 324. The van der Waals surface area contributed by atoms with E-state index in [9.17, 15) is 13.6 Å². The Morgan fingerprint density at radius 3 is 2.79 bits per heavy atom. The number of hydrogen-bond donors (Lipinski definition) is 1. The maximum Gasteiger partial charge on any atom is 0.306 e. The molecule has 0 aliphatic rings. The first-order valence-electron chi connectivity index (χ1n) is 3.96. The Morgan fingerprint density at radius 1 is 1.71 bits per heavy atom. The summed E-state index contributed by atoms with van der Waals surface area (Å²) in [6.07, 6.45) is -1.78. The Morgan fingerprint density at radius 2 is 2.36 bits per heavy atom. The van der Waals surface area contributed by atoms with Gasteiger partial charge in [0.15, 0.2) is 11.7 Å². The van der Waals surface area contributed by atoms with E-state index in [1.54, 1.807) is 0 Å². The molecule has 4 nitrogen and oxygen atoms in total. The van der Waals surface area contributed by atoms with E-state index in [0.717, 1.165) is 6.20 Å². The Labute approximate surface area is 78.6 Å². The first kappa shape index (κ1) is 10.6. The summed E-state index contributed by atoms with van der Waals surface area (Å²) in [6, 6.07) is 0. The summed E-state index contributed by atoms with van der Waals surface area (Å²) in [7, 11) is 0. The van der Waals surface area contributed by atoms with Crippen molar-refractivity contribution in [2.45, 2.75) is 19.8 Å². The van der Waals surface area contributed by atoms with Crippen molar-refractivity contribution in [1.29, 1.82) is 0 Å². The SMILES string of the molecule is CC(Cc1ncc(C(F)F)o1)C(=O)O. The second-order valence-electron chi connectivity index (χ2n) is 2.90. The minimum Gasteiger partial charge on any atom is -0.481 e. The Hall–Kier alpha value is -1.46. The third kappa shape index (κ3) is 2.51. The molecule has 0 aromatic carbocycles. The molecular weight excluding hydrogens is 196 g/mol. The highest BCUT2D eigenvalue weighted by Crippen LogP contribution is 2.20. The molecule has 6 heteroatoms. The first-order valence-corrected chi connectivity index (χ1v) is 3.96. The van der Waals surface area contributed by atoms with Crippen molar-refractivity contribution in [3.05, 3.63) is 17.8 Å². The van der Waals surface area contributed by atoms with E-state index in [2.05, 4.69) is 9.40 Å². The lowest BCUT2D eigenvalue weighted by Crippen LogP contribution is -2.12. The van der Waals surface area contributed by atoms with Crippen molar-refractivity contribution in [3.63, 3.8) is 0 Å². The minimum absolute atomic E-state index is 0.0159. The molecule has 0 fully saturated rings. The molecule has 1 N–H and O–H groups in total. The lowest BCUT2D eigenvalue weighted by Gasteiger charge is -2.00. The maximum atomic E-state index is 12.0. The number of carbonyl (C=O) groups is 1. The number of halogens is 2. The molecule has 0 aliphatic heterocycles. The molecule has 0 aliphatic carbocycles. The lowest BCUT2D eigenvalue weighted by atomic mass is 10.1. The van der Waals surface area contributed by atoms with Crippen LogP contribution in [0.25, 0.3) is 0 Å². The number of oxazole rings is 1. The molecule has 1 heterocycles. The quantitative estimate of drug-likeness (QED) is 0.814. The van der Waals surface area contributed by atoms with Crippen molar-refractivity contribution in [1.82, 2.24) is 4.98 Å². The summed E-state index contributed by atoms with van der Waals surface area (Å²) in [6.45, 7) is 1.45. The van der Waals surface area contributed by atoms with Crippen LogP contribution in [0.15, 0.2) is 10.6 Å².